The van der Waals surface area contributed by atoms with E-state index in [0.717, 1.165) is 6.07 Å². The van der Waals surface area contributed by atoms with Crippen LogP contribution in [0.2, 0.25) is 0 Å². The molecule has 1 amide bonds. The smallest absolute Gasteiger partial charge is 0.338 e. The number of nitro groups is 1. The van der Waals surface area contributed by atoms with Crippen LogP contribution >= 0.6 is 0 Å². The zero-order valence-corrected chi connectivity index (χ0v) is 15.1. The Bertz CT molecular complexity index is 702. The van der Waals surface area contributed by atoms with Gasteiger partial charge in [-0.25, -0.2) is 9.59 Å². The van der Waals surface area contributed by atoms with Crippen LogP contribution in [0.4, 0.5) is 5.69 Å². The molecule has 0 aliphatic heterocycles. The fraction of sp³-hybridized carbons (Fsp3) is 0.471. The Morgan fingerprint density at radius 3 is 2.50 bits per heavy atom. The molecule has 1 aromatic carbocycles. The number of nitro benzene ring substituents is 1. The van der Waals surface area contributed by atoms with Crippen LogP contribution in [0.5, 0.6) is 0 Å². The number of amides is 1. The Balaban J connectivity index is 2.72. The van der Waals surface area contributed by atoms with Crippen LogP contribution < -0.4 is 5.32 Å². The highest BCUT2D eigenvalue weighted by molar-refractivity contribution is 5.92. The van der Waals surface area contributed by atoms with Crippen molar-refractivity contribution >= 4 is 23.5 Å². The number of carbonyl (C=O) groups is 3. The summed E-state index contributed by atoms with van der Waals surface area (Å²) in [5.74, 6) is -2.30. The molecule has 0 unspecified atom stereocenters. The summed E-state index contributed by atoms with van der Waals surface area (Å²) in [5, 5.41) is 13.4. The lowest BCUT2D eigenvalue weighted by atomic mass is 9.99. The van der Waals surface area contributed by atoms with E-state index >= 15 is 0 Å². The molecule has 1 rings (SSSR count). The average Bonchev–Trinajstić information content (AvgIpc) is 2.62. The van der Waals surface area contributed by atoms with Crippen LogP contribution in [0.1, 0.15) is 36.2 Å². The summed E-state index contributed by atoms with van der Waals surface area (Å²) < 4.78 is 9.52. The van der Waals surface area contributed by atoms with Gasteiger partial charge in [0.15, 0.2) is 6.61 Å². The van der Waals surface area contributed by atoms with Crippen molar-refractivity contribution in [3.05, 3.63) is 39.4 Å². The minimum atomic E-state index is -0.874. The van der Waals surface area contributed by atoms with Crippen molar-refractivity contribution in [3.63, 3.8) is 0 Å². The topological polar surface area (TPSA) is 125 Å². The van der Waals surface area contributed by atoms with Crippen LogP contribution in [-0.2, 0) is 19.1 Å². The molecule has 0 radical (unpaired) electrons. The van der Waals surface area contributed by atoms with E-state index in [2.05, 4.69) is 10.1 Å². The van der Waals surface area contributed by atoms with E-state index in [1.807, 2.05) is 6.92 Å². The lowest BCUT2D eigenvalue weighted by molar-refractivity contribution is -0.385. The summed E-state index contributed by atoms with van der Waals surface area (Å²) in [6, 6.07) is 3.03. The summed E-state index contributed by atoms with van der Waals surface area (Å²) in [6.07, 6.45) is 0.632. The molecule has 9 nitrogen and oxygen atoms in total. The first-order chi connectivity index (χ1) is 12.2. The first-order valence-electron chi connectivity index (χ1n) is 8.00. The molecule has 0 saturated heterocycles. The van der Waals surface area contributed by atoms with Crippen LogP contribution in [0.25, 0.3) is 0 Å². The average molecular weight is 366 g/mol. The summed E-state index contributed by atoms with van der Waals surface area (Å²) in [6.45, 7) is 4.56. The zero-order chi connectivity index (χ0) is 19.9. The van der Waals surface area contributed by atoms with Crippen molar-refractivity contribution in [1.29, 1.82) is 0 Å². The van der Waals surface area contributed by atoms with Crippen LogP contribution in [0.3, 0.4) is 0 Å². The number of methoxy groups -OCH3 is 1. The zero-order valence-electron chi connectivity index (χ0n) is 15.1. The molecule has 9 heteroatoms. The highest BCUT2D eigenvalue weighted by Gasteiger charge is 2.27. The minimum Gasteiger partial charge on any atom is -0.467 e. The van der Waals surface area contributed by atoms with E-state index in [0.29, 0.717) is 12.0 Å². The highest BCUT2D eigenvalue weighted by atomic mass is 16.6. The van der Waals surface area contributed by atoms with Crippen molar-refractivity contribution in [2.45, 2.75) is 33.2 Å². The number of ether oxygens (including phenoxy) is 2. The standard InChI is InChI=1S/C17H22N2O7/c1-5-10(2)15(17(22)25-4)18-14(20)9-26-16(21)12-7-6-11(3)13(8-12)19(23)24/h6-8,10,15H,5,9H2,1-4H3,(H,18,20)/t10-,15-/m0/s1. The molecule has 1 aromatic rings. The number of aryl methyl sites for hydroxylation is 1. The van der Waals surface area contributed by atoms with Gasteiger partial charge in [-0.15, -0.1) is 0 Å². The Morgan fingerprint density at radius 2 is 1.96 bits per heavy atom. The summed E-state index contributed by atoms with van der Waals surface area (Å²) >= 11 is 0. The number of benzene rings is 1. The molecular formula is C17H22N2O7. The van der Waals surface area contributed by atoms with Gasteiger partial charge in [-0.05, 0) is 18.9 Å². The van der Waals surface area contributed by atoms with Gasteiger partial charge in [0.25, 0.3) is 11.6 Å². The van der Waals surface area contributed by atoms with Crippen molar-refractivity contribution in [2.24, 2.45) is 5.92 Å². The van der Waals surface area contributed by atoms with Crippen LogP contribution in [-0.4, -0.2) is 42.5 Å². The summed E-state index contributed by atoms with van der Waals surface area (Å²) in [7, 11) is 1.22. The maximum absolute atomic E-state index is 12.0. The van der Waals surface area contributed by atoms with Gasteiger partial charge in [-0.2, -0.15) is 0 Å². The molecule has 0 heterocycles. The molecule has 0 bridgehead atoms. The van der Waals surface area contributed by atoms with Crippen LogP contribution in [0, 0.1) is 23.0 Å². The Morgan fingerprint density at radius 1 is 1.31 bits per heavy atom. The van der Waals surface area contributed by atoms with Gasteiger partial charge < -0.3 is 14.8 Å². The largest absolute Gasteiger partial charge is 0.467 e. The van der Waals surface area contributed by atoms with E-state index < -0.39 is 35.4 Å². The molecule has 0 saturated carbocycles. The number of nitrogens with zero attached hydrogens (tertiary/aromatic N) is 1. The molecule has 0 aliphatic rings. The molecule has 0 aromatic heterocycles. The van der Waals surface area contributed by atoms with Gasteiger partial charge in [0.05, 0.1) is 17.6 Å². The van der Waals surface area contributed by atoms with Gasteiger partial charge in [0, 0.05) is 11.6 Å². The van der Waals surface area contributed by atoms with E-state index in [4.69, 9.17) is 4.74 Å². The maximum atomic E-state index is 12.0. The van der Waals surface area contributed by atoms with Gasteiger partial charge in [0.1, 0.15) is 6.04 Å². The molecular weight excluding hydrogens is 344 g/mol. The second-order valence-electron chi connectivity index (χ2n) is 5.79. The number of hydrogen-bond acceptors (Lipinski definition) is 7. The summed E-state index contributed by atoms with van der Waals surface area (Å²) in [4.78, 5) is 46.0. The Hall–Kier alpha value is -2.97. The first kappa shape index (κ1) is 21.1. The fourth-order valence-electron chi connectivity index (χ4n) is 2.16. The predicted molar refractivity (Wildman–Crippen MR) is 91.5 cm³/mol. The van der Waals surface area contributed by atoms with E-state index in [9.17, 15) is 24.5 Å². The number of rotatable bonds is 8. The van der Waals surface area contributed by atoms with Crippen molar-refractivity contribution in [3.8, 4) is 0 Å². The highest BCUT2D eigenvalue weighted by Crippen LogP contribution is 2.19. The lowest BCUT2D eigenvalue weighted by Gasteiger charge is -2.21. The number of carbonyl (C=O) groups excluding carboxylic acids is 3. The fourth-order valence-corrected chi connectivity index (χ4v) is 2.16. The number of nitrogens with one attached hydrogen (secondary N) is 1. The van der Waals surface area contributed by atoms with Crippen molar-refractivity contribution in [1.82, 2.24) is 5.32 Å². The molecule has 2 atom stereocenters. The Kier molecular flexibility index (Phi) is 7.70. The second kappa shape index (κ2) is 9.50. The molecule has 1 N–H and O–H groups in total. The van der Waals surface area contributed by atoms with Gasteiger partial charge in [-0.3, -0.25) is 14.9 Å². The normalized spacial score (nSPS) is 12.6. The monoisotopic (exact) mass is 366 g/mol. The van der Waals surface area contributed by atoms with Gasteiger partial charge in [-0.1, -0.05) is 26.3 Å². The van der Waals surface area contributed by atoms with E-state index in [1.165, 1.54) is 19.2 Å². The van der Waals surface area contributed by atoms with Crippen molar-refractivity contribution < 1.29 is 28.8 Å². The van der Waals surface area contributed by atoms with Crippen LogP contribution in [0.15, 0.2) is 18.2 Å². The number of esters is 2. The molecule has 0 fully saturated rings. The third-order valence-corrected chi connectivity index (χ3v) is 3.96. The summed E-state index contributed by atoms with van der Waals surface area (Å²) in [5.41, 5.74) is 0.145. The number of hydrogen-bond donors (Lipinski definition) is 1. The molecule has 142 valence electrons. The molecule has 0 spiro atoms. The third kappa shape index (κ3) is 5.54. The third-order valence-electron chi connectivity index (χ3n) is 3.96. The van der Waals surface area contributed by atoms with Gasteiger partial charge in [0.2, 0.25) is 0 Å². The lowest BCUT2D eigenvalue weighted by Crippen LogP contribution is -2.47. The minimum absolute atomic E-state index is 0.0402. The first-order valence-corrected chi connectivity index (χ1v) is 8.00. The van der Waals surface area contributed by atoms with Gasteiger partial charge >= 0.3 is 11.9 Å². The Labute approximate surface area is 150 Å². The van der Waals surface area contributed by atoms with Crippen molar-refractivity contribution in [2.75, 3.05) is 13.7 Å². The molecule has 0 aliphatic carbocycles. The SMILES string of the molecule is CC[C@H](C)[C@H](NC(=O)COC(=O)c1ccc(C)c([N+](=O)[O-])c1)C(=O)OC. The quantitative estimate of drug-likeness (QED) is 0.422. The predicted octanol–water partition coefficient (Wildman–Crippen LogP) is 1.76. The van der Waals surface area contributed by atoms with E-state index in [-0.39, 0.29) is 17.2 Å². The maximum Gasteiger partial charge on any atom is 0.338 e. The van der Waals surface area contributed by atoms with E-state index in [1.54, 1.807) is 13.8 Å². The second-order valence-corrected chi connectivity index (χ2v) is 5.79. The molecule has 26 heavy (non-hydrogen) atoms.